The van der Waals surface area contributed by atoms with Gasteiger partial charge in [-0.05, 0) is 117 Å². The minimum absolute atomic E-state index is 0.0136. The lowest BCUT2D eigenvalue weighted by Crippen LogP contribution is -2.64. The van der Waals surface area contributed by atoms with Gasteiger partial charge in [0.2, 0.25) is 5.79 Å². The SMILES string of the molecule is C=CCOC12Oc3ccc(Oc4ccc(-c5ccccc5)cc4)cc3C3C(CCCCO)C(CCCCO)C=C(C(=NOC(C)(C)C)CC1SCCCCCCCCCCCCCCCC)C32. The topological polar surface area (TPSA) is 89.7 Å². The lowest BCUT2D eigenvalue weighted by molar-refractivity contribution is -0.223. The molecule has 7 nitrogen and oxygen atoms in total. The lowest BCUT2D eigenvalue weighted by Gasteiger charge is -2.58. The van der Waals surface area contributed by atoms with Crippen LogP contribution in [0.2, 0.25) is 0 Å². The van der Waals surface area contributed by atoms with Gasteiger partial charge in [0.05, 0.1) is 23.5 Å². The van der Waals surface area contributed by atoms with Gasteiger partial charge < -0.3 is 29.3 Å². The normalized spacial score (nSPS) is 22.7. The number of hydrogen-bond donors (Lipinski definition) is 2. The van der Waals surface area contributed by atoms with Crippen LogP contribution in [0.5, 0.6) is 17.2 Å². The van der Waals surface area contributed by atoms with E-state index in [1.54, 1.807) is 0 Å². The van der Waals surface area contributed by atoms with Gasteiger partial charge in [-0.25, -0.2) is 0 Å². The standard InChI is InChI=1S/C59H85NO6S/c1-6-8-9-10-11-12-13-14-15-16-17-18-19-27-41-67-55-44-53(60-66-58(3,4)5)51-42-47(30-23-25-38-61)50(31-24-26-39-62)56-52-43-49(36-37-54(52)65-59(55,57(51)56)63-40-7-2)64-48-34-32-46(33-35-48)45-28-21-20-22-29-45/h7,20-22,28-29,32-37,42-43,47,50,55-57,61-62H,2,6,8-19,23-27,30-31,38-41,44H2,1,3-5H3. The number of aliphatic hydroxyl groups is 2. The third kappa shape index (κ3) is 15.2. The molecule has 2 N–H and O–H groups in total. The number of thioether (sulfide) groups is 1. The van der Waals surface area contributed by atoms with Crippen molar-refractivity contribution in [3.8, 4) is 28.4 Å². The van der Waals surface area contributed by atoms with E-state index in [0.717, 1.165) is 90.4 Å². The maximum atomic E-state index is 10.0. The second-order valence-corrected chi connectivity index (χ2v) is 21.7. The fourth-order valence-corrected chi connectivity index (χ4v) is 12.2. The van der Waals surface area contributed by atoms with Crippen LogP contribution < -0.4 is 9.47 Å². The molecule has 1 fully saturated rings. The van der Waals surface area contributed by atoms with E-state index >= 15 is 0 Å². The van der Waals surface area contributed by atoms with Crippen molar-refractivity contribution in [2.45, 2.75) is 185 Å². The zero-order valence-electron chi connectivity index (χ0n) is 41.7. The Kier molecular flexibility index (Phi) is 21.7. The first kappa shape index (κ1) is 52.8. The number of ether oxygens (including phenoxy) is 3. The van der Waals surface area contributed by atoms with Gasteiger partial charge in [0.15, 0.2) is 0 Å². The molecular weight excluding hydrogens is 851 g/mol. The van der Waals surface area contributed by atoms with Crippen molar-refractivity contribution in [2.75, 3.05) is 25.6 Å². The Hall–Kier alpha value is -3.56. The fourth-order valence-electron chi connectivity index (χ4n) is 10.7. The summed E-state index contributed by atoms with van der Waals surface area (Å²) in [5.41, 5.74) is 5.13. The second-order valence-electron chi connectivity index (χ2n) is 20.4. The number of oxime groups is 1. The van der Waals surface area contributed by atoms with Crippen LogP contribution in [-0.4, -0.2) is 58.1 Å². The maximum Gasteiger partial charge on any atom is 0.230 e. The minimum Gasteiger partial charge on any atom is -0.460 e. The summed E-state index contributed by atoms with van der Waals surface area (Å²) in [4.78, 5) is 6.32. The second kappa shape index (κ2) is 27.6. The van der Waals surface area contributed by atoms with Crippen LogP contribution in [0.25, 0.3) is 11.1 Å². The monoisotopic (exact) mass is 936 g/mol. The van der Waals surface area contributed by atoms with Gasteiger partial charge in [-0.15, -0.1) is 6.58 Å². The Balaban J connectivity index is 1.29. The molecule has 2 aliphatic carbocycles. The molecule has 1 heterocycles. The van der Waals surface area contributed by atoms with E-state index in [-0.39, 0.29) is 42.1 Å². The highest BCUT2D eigenvalue weighted by Gasteiger charge is 2.64. The van der Waals surface area contributed by atoms with E-state index in [4.69, 9.17) is 24.2 Å². The average Bonchev–Trinajstić information content (AvgIpc) is 3.33. The quantitative estimate of drug-likeness (QED) is 0.0377. The number of rotatable bonds is 31. The molecule has 8 heteroatoms. The molecule has 6 rings (SSSR count). The Morgan fingerprint density at radius 1 is 0.746 bits per heavy atom. The zero-order chi connectivity index (χ0) is 47.3. The van der Waals surface area contributed by atoms with Crippen LogP contribution in [-0.2, 0) is 9.57 Å². The smallest absolute Gasteiger partial charge is 0.230 e. The van der Waals surface area contributed by atoms with E-state index < -0.39 is 11.4 Å². The molecule has 3 aromatic rings. The van der Waals surface area contributed by atoms with Crippen molar-refractivity contribution >= 4 is 17.5 Å². The Morgan fingerprint density at radius 2 is 1.36 bits per heavy atom. The number of nitrogens with zero attached hydrogens (tertiary/aromatic N) is 1. The van der Waals surface area contributed by atoms with Gasteiger partial charge in [0, 0.05) is 31.1 Å². The Morgan fingerprint density at radius 3 is 1.99 bits per heavy atom. The third-order valence-electron chi connectivity index (χ3n) is 14.1. The van der Waals surface area contributed by atoms with Crippen molar-refractivity contribution in [1.29, 1.82) is 0 Å². The summed E-state index contributed by atoms with van der Waals surface area (Å²) in [6.07, 6.45) is 29.0. The first-order chi connectivity index (χ1) is 32.7. The Bertz CT molecular complexity index is 1960. The molecule has 6 atom stereocenters. The van der Waals surface area contributed by atoms with Gasteiger partial charge in [-0.2, -0.15) is 11.8 Å². The largest absolute Gasteiger partial charge is 0.460 e. The van der Waals surface area contributed by atoms with E-state index in [2.05, 4.69) is 88.9 Å². The molecule has 1 aliphatic heterocycles. The number of allylic oxidation sites excluding steroid dienone is 1. The number of aliphatic hydroxyl groups excluding tert-OH is 2. The van der Waals surface area contributed by atoms with E-state index in [1.807, 2.05) is 42.1 Å². The molecule has 67 heavy (non-hydrogen) atoms. The summed E-state index contributed by atoms with van der Waals surface area (Å²) in [5.74, 6) is 2.72. The van der Waals surface area contributed by atoms with Gasteiger partial charge in [-0.3, -0.25) is 0 Å². The molecule has 3 aromatic carbocycles. The highest BCUT2D eigenvalue weighted by Crippen LogP contribution is 2.63. The van der Waals surface area contributed by atoms with E-state index in [9.17, 15) is 10.2 Å². The van der Waals surface area contributed by atoms with Crippen LogP contribution >= 0.6 is 11.8 Å². The molecule has 6 unspecified atom stereocenters. The number of benzene rings is 3. The maximum absolute atomic E-state index is 10.0. The van der Waals surface area contributed by atoms with Crippen molar-refractivity contribution in [2.24, 2.45) is 22.9 Å². The lowest BCUT2D eigenvalue weighted by atomic mass is 9.56. The van der Waals surface area contributed by atoms with Gasteiger partial charge in [0.25, 0.3) is 0 Å². The first-order valence-electron chi connectivity index (χ1n) is 26.4. The molecule has 0 radical (unpaired) electrons. The summed E-state index contributed by atoms with van der Waals surface area (Å²) >= 11 is 1.98. The minimum atomic E-state index is -0.972. The molecule has 0 bridgehead atoms. The average molecular weight is 936 g/mol. The molecule has 0 amide bonds. The van der Waals surface area contributed by atoms with Crippen molar-refractivity contribution in [1.82, 2.24) is 0 Å². The summed E-state index contributed by atoms with van der Waals surface area (Å²) in [6.45, 7) is 13.3. The summed E-state index contributed by atoms with van der Waals surface area (Å²) in [5, 5.41) is 25.0. The van der Waals surface area contributed by atoms with Crippen LogP contribution in [0.1, 0.15) is 174 Å². The van der Waals surface area contributed by atoms with Crippen LogP contribution in [0.15, 0.2) is 102 Å². The molecular formula is C59H85NO6S. The van der Waals surface area contributed by atoms with Gasteiger partial charge >= 0.3 is 0 Å². The summed E-state index contributed by atoms with van der Waals surface area (Å²) in [6, 6.07) is 25.1. The molecule has 368 valence electrons. The molecule has 1 saturated carbocycles. The van der Waals surface area contributed by atoms with E-state index in [0.29, 0.717) is 13.0 Å². The van der Waals surface area contributed by atoms with Crippen LogP contribution in [0.4, 0.5) is 0 Å². The van der Waals surface area contributed by atoms with Crippen molar-refractivity contribution in [3.05, 3.63) is 103 Å². The molecule has 0 saturated heterocycles. The molecule has 3 aliphatic rings. The zero-order valence-corrected chi connectivity index (χ0v) is 42.6. The number of hydrogen-bond acceptors (Lipinski definition) is 8. The highest BCUT2D eigenvalue weighted by molar-refractivity contribution is 8.00. The van der Waals surface area contributed by atoms with Crippen molar-refractivity contribution < 1.29 is 29.3 Å². The Labute approximate surface area is 409 Å². The van der Waals surface area contributed by atoms with Gasteiger partial charge in [-0.1, -0.05) is 163 Å². The predicted octanol–water partition coefficient (Wildman–Crippen LogP) is 15.8. The summed E-state index contributed by atoms with van der Waals surface area (Å²) < 4.78 is 21.3. The fraction of sp³-hybridized carbons (Fsp3) is 0.610. The highest BCUT2D eigenvalue weighted by atomic mass is 32.2. The summed E-state index contributed by atoms with van der Waals surface area (Å²) in [7, 11) is 0. The van der Waals surface area contributed by atoms with E-state index in [1.165, 1.54) is 89.0 Å². The van der Waals surface area contributed by atoms with Crippen LogP contribution in [0, 0.1) is 17.8 Å². The van der Waals surface area contributed by atoms with Crippen molar-refractivity contribution in [3.63, 3.8) is 0 Å². The third-order valence-corrected chi connectivity index (χ3v) is 15.5. The number of unbranched alkanes of at least 4 members (excludes halogenated alkanes) is 15. The molecule has 0 spiro atoms. The van der Waals surface area contributed by atoms with Crippen LogP contribution in [0.3, 0.4) is 0 Å². The molecule has 0 aromatic heterocycles. The van der Waals surface area contributed by atoms with Gasteiger partial charge in [0.1, 0.15) is 22.8 Å². The number of fused-ring (bicyclic) bond motifs is 2. The predicted molar refractivity (Wildman–Crippen MR) is 281 cm³/mol. The first-order valence-corrected chi connectivity index (χ1v) is 27.5.